The van der Waals surface area contributed by atoms with Gasteiger partial charge in [0, 0.05) is 19.7 Å². The lowest BCUT2D eigenvalue weighted by atomic mass is 10.1. The van der Waals surface area contributed by atoms with Gasteiger partial charge in [0.05, 0.1) is 25.1 Å². The van der Waals surface area contributed by atoms with Crippen molar-refractivity contribution in [3.63, 3.8) is 0 Å². The van der Waals surface area contributed by atoms with E-state index in [1.54, 1.807) is 13.4 Å². The summed E-state index contributed by atoms with van der Waals surface area (Å²) in [5.74, 6) is 0.743. The van der Waals surface area contributed by atoms with Crippen molar-refractivity contribution in [1.29, 1.82) is 0 Å². The highest BCUT2D eigenvalue weighted by Gasteiger charge is 2.17. The van der Waals surface area contributed by atoms with E-state index in [1.807, 2.05) is 17.8 Å². The average Bonchev–Trinajstić information content (AvgIpc) is 2.93. The number of tetrazole rings is 1. The summed E-state index contributed by atoms with van der Waals surface area (Å²) in [6, 6.07) is 0.168. The summed E-state index contributed by atoms with van der Waals surface area (Å²) in [6.07, 6.45) is 5.49. The summed E-state index contributed by atoms with van der Waals surface area (Å²) in [7, 11) is 3.77. The van der Waals surface area contributed by atoms with E-state index in [2.05, 4.69) is 32.6 Å². The van der Waals surface area contributed by atoms with Gasteiger partial charge in [0.25, 0.3) is 0 Å². The lowest BCUT2D eigenvalue weighted by Gasteiger charge is -2.17. The molecule has 0 spiro atoms. The highest BCUT2D eigenvalue weighted by Crippen LogP contribution is 2.15. The first-order valence-corrected chi connectivity index (χ1v) is 6.13. The second-order valence-electron chi connectivity index (χ2n) is 4.34. The van der Waals surface area contributed by atoms with Crippen LogP contribution in [-0.4, -0.2) is 36.3 Å². The van der Waals surface area contributed by atoms with E-state index in [0.717, 1.165) is 24.5 Å². The molecule has 0 bridgehead atoms. The van der Waals surface area contributed by atoms with Gasteiger partial charge in [-0.25, -0.2) is 4.98 Å². The van der Waals surface area contributed by atoms with E-state index in [0.29, 0.717) is 6.42 Å². The molecule has 98 valence electrons. The molecule has 0 aliphatic rings. The van der Waals surface area contributed by atoms with Gasteiger partial charge >= 0.3 is 0 Å². The Kier molecular flexibility index (Phi) is 4.03. The third-order valence-corrected chi connectivity index (χ3v) is 2.79. The minimum Gasteiger partial charge on any atom is -0.336 e. The Morgan fingerprint density at radius 3 is 2.78 bits per heavy atom. The third kappa shape index (κ3) is 2.92. The van der Waals surface area contributed by atoms with Gasteiger partial charge in [0.15, 0.2) is 5.82 Å². The van der Waals surface area contributed by atoms with E-state index >= 15 is 0 Å². The van der Waals surface area contributed by atoms with E-state index < -0.39 is 0 Å². The molecule has 1 atom stereocenters. The Morgan fingerprint density at radius 2 is 2.22 bits per heavy atom. The van der Waals surface area contributed by atoms with Crippen LogP contribution >= 0.6 is 0 Å². The van der Waals surface area contributed by atoms with E-state index in [9.17, 15) is 0 Å². The number of aryl methyl sites for hydroxylation is 2. The van der Waals surface area contributed by atoms with Crippen molar-refractivity contribution in [2.24, 2.45) is 14.1 Å². The summed E-state index contributed by atoms with van der Waals surface area (Å²) in [5.41, 5.74) is 1.14. The number of aromatic nitrogens is 6. The highest BCUT2D eigenvalue weighted by molar-refractivity contribution is 5.07. The molecule has 7 heteroatoms. The number of imidazole rings is 1. The maximum atomic E-state index is 4.22. The van der Waals surface area contributed by atoms with Crippen LogP contribution in [0.15, 0.2) is 12.5 Å². The van der Waals surface area contributed by atoms with Crippen LogP contribution in [0.25, 0.3) is 0 Å². The second kappa shape index (κ2) is 5.72. The third-order valence-electron chi connectivity index (χ3n) is 2.79. The van der Waals surface area contributed by atoms with Crippen molar-refractivity contribution in [3.8, 4) is 0 Å². The molecular formula is C11H19N7. The topological polar surface area (TPSA) is 73.5 Å². The average molecular weight is 249 g/mol. The summed E-state index contributed by atoms with van der Waals surface area (Å²) in [6.45, 7) is 3.10. The zero-order valence-electron chi connectivity index (χ0n) is 11.0. The monoisotopic (exact) mass is 249 g/mol. The Balaban J connectivity index is 2.12. The first-order chi connectivity index (χ1) is 8.70. The number of hydrogen-bond acceptors (Lipinski definition) is 5. The van der Waals surface area contributed by atoms with Crippen molar-refractivity contribution in [3.05, 3.63) is 24.0 Å². The quantitative estimate of drug-likeness (QED) is 0.793. The van der Waals surface area contributed by atoms with E-state index in [1.165, 1.54) is 4.80 Å². The molecule has 2 heterocycles. The smallest absolute Gasteiger partial charge is 0.176 e. The predicted octanol–water partition coefficient (Wildman–Crippen LogP) is 0.227. The van der Waals surface area contributed by atoms with E-state index in [4.69, 9.17) is 0 Å². The van der Waals surface area contributed by atoms with Crippen LogP contribution in [0.3, 0.4) is 0 Å². The van der Waals surface area contributed by atoms with Crippen LogP contribution in [0.5, 0.6) is 0 Å². The van der Waals surface area contributed by atoms with Gasteiger partial charge in [0.1, 0.15) is 0 Å². The SMILES string of the molecule is CCCNC(Cc1nnn(C)n1)c1cncn1C. The number of nitrogens with zero attached hydrogens (tertiary/aromatic N) is 6. The molecule has 0 aliphatic carbocycles. The van der Waals surface area contributed by atoms with Gasteiger partial charge in [-0.15, -0.1) is 10.2 Å². The van der Waals surface area contributed by atoms with Crippen LogP contribution in [0, 0.1) is 0 Å². The fraction of sp³-hybridized carbons (Fsp3) is 0.636. The zero-order valence-corrected chi connectivity index (χ0v) is 11.0. The Bertz CT molecular complexity index is 487. The Hall–Kier alpha value is -1.76. The minimum absolute atomic E-state index is 0.168. The van der Waals surface area contributed by atoms with E-state index in [-0.39, 0.29) is 6.04 Å². The summed E-state index contributed by atoms with van der Waals surface area (Å²) >= 11 is 0. The molecule has 0 amide bonds. The van der Waals surface area contributed by atoms with Crippen LogP contribution < -0.4 is 5.32 Å². The van der Waals surface area contributed by atoms with Crippen LogP contribution in [-0.2, 0) is 20.5 Å². The maximum absolute atomic E-state index is 4.22. The van der Waals surface area contributed by atoms with Crippen molar-refractivity contribution in [2.45, 2.75) is 25.8 Å². The molecule has 0 radical (unpaired) electrons. The summed E-state index contributed by atoms with van der Waals surface area (Å²) < 4.78 is 2.02. The van der Waals surface area contributed by atoms with Crippen LogP contribution in [0.4, 0.5) is 0 Å². The van der Waals surface area contributed by atoms with Crippen LogP contribution in [0.2, 0.25) is 0 Å². The Morgan fingerprint density at radius 1 is 1.39 bits per heavy atom. The first kappa shape index (κ1) is 12.7. The molecule has 7 nitrogen and oxygen atoms in total. The molecule has 0 saturated carbocycles. The molecule has 0 aliphatic heterocycles. The van der Waals surface area contributed by atoms with Gasteiger partial charge in [-0.1, -0.05) is 6.92 Å². The largest absolute Gasteiger partial charge is 0.336 e. The lowest BCUT2D eigenvalue weighted by molar-refractivity contribution is 0.493. The standard InChI is InChI=1S/C11H19N7/c1-4-5-13-9(10-7-12-8-17(10)2)6-11-14-16-18(3)15-11/h7-9,13H,4-6H2,1-3H3. The molecule has 1 unspecified atom stereocenters. The molecule has 0 saturated heterocycles. The summed E-state index contributed by atoms with van der Waals surface area (Å²) in [5, 5.41) is 15.6. The number of nitrogens with one attached hydrogen (secondary N) is 1. The second-order valence-corrected chi connectivity index (χ2v) is 4.34. The molecule has 2 aromatic rings. The van der Waals surface area contributed by atoms with Gasteiger partial charge in [-0.05, 0) is 18.2 Å². The molecule has 0 aromatic carbocycles. The molecular weight excluding hydrogens is 230 g/mol. The van der Waals surface area contributed by atoms with Crippen molar-refractivity contribution in [2.75, 3.05) is 6.54 Å². The zero-order chi connectivity index (χ0) is 13.0. The van der Waals surface area contributed by atoms with Gasteiger partial charge in [-0.2, -0.15) is 4.80 Å². The predicted molar refractivity (Wildman–Crippen MR) is 66.7 cm³/mol. The van der Waals surface area contributed by atoms with Crippen molar-refractivity contribution >= 4 is 0 Å². The fourth-order valence-electron chi connectivity index (χ4n) is 1.89. The molecule has 18 heavy (non-hydrogen) atoms. The maximum Gasteiger partial charge on any atom is 0.176 e. The summed E-state index contributed by atoms with van der Waals surface area (Å²) in [4.78, 5) is 5.64. The minimum atomic E-state index is 0.168. The first-order valence-electron chi connectivity index (χ1n) is 6.13. The van der Waals surface area contributed by atoms with Crippen molar-refractivity contribution in [1.82, 2.24) is 35.1 Å². The lowest BCUT2D eigenvalue weighted by Crippen LogP contribution is -2.26. The van der Waals surface area contributed by atoms with Gasteiger partial charge in [-0.3, -0.25) is 0 Å². The highest BCUT2D eigenvalue weighted by atomic mass is 15.6. The normalized spacial score (nSPS) is 12.8. The number of rotatable bonds is 6. The Labute approximate surface area is 106 Å². The van der Waals surface area contributed by atoms with Gasteiger partial charge in [0.2, 0.25) is 0 Å². The van der Waals surface area contributed by atoms with Crippen molar-refractivity contribution < 1.29 is 0 Å². The van der Waals surface area contributed by atoms with Crippen LogP contribution in [0.1, 0.15) is 30.9 Å². The fourth-order valence-corrected chi connectivity index (χ4v) is 1.89. The molecule has 1 N–H and O–H groups in total. The molecule has 2 aromatic heterocycles. The molecule has 2 rings (SSSR count). The molecule has 0 fully saturated rings. The van der Waals surface area contributed by atoms with Gasteiger partial charge < -0.3 is 9.88 Å². The number of hydrogen-bond donors (Lipinski definition) is 1.